The lowest BCUT2D eigenvalue weighted by atomic mass is 9.99. The van der Waals surface area contributed by atoms with Crippen LogP contribution in [0.25, 0.3) is 0 Å². The molecule has 0 saturated carbocycles. The fourth-order valence-corrected chi connectivity index (χ4v) is 2.63. The smallest absolute Gasteiger partial charge is 0.373 e. The van der Waals surface area contributed by atoms with E-state index in [1.165, 1.54) is 30.4 Å². The van der Waals surface area contributed by atoms with E-state index in [4.69, 9.17) is 4.42 Å². The molecule has 4 nitrogen and oxygen atoms in total. The van der Waals surface area contributed by atoms with E-state index in [-0.39, 0.29) is 23.2 Å². The molecule has 102 valence electrons. The van der Waals surface area contributed by atoms with E-state index >= 15 is 0 Å². The van der Waals surface area contributed by atoms with Gasteiger partial charge in [0.05, 0.1) is 7.11 Å². The minimum absolute atomic E-state index is 0.0589. The fourth-order valence-electron chi connectivity index (χ4n) is 2.63. The van der Waals surface area contributed by atoms with Gasteiger partial charge in [-0.15, -0.1) is 0 Å². The average Bonchev–Trinajstić information content (AvgIpc) is 3.12. The molecule has 0 atom stereocenters. The van der Waals surface area contributed by atoms with Crippen molar-refractivity contribution in [2.24, 2.45) is 5.92 Å². The van der Waals surface area contributed by atoms with Crippen LogP contribution in [0.2, 0.25) is 0 Å². The van der Waals surface area contributed by atoms with E-state index in [0.29, 0.717) is 0 Å². The highest BCUT2D eigenvalue weighted by atomic mass is 16.5. The Morgan fingerprint density at radius 1 is 1.05 bits per heavy atom. The Hall–Kier alpha value is -2.36. The number of furan rings is 1. The molecule has 3 rings (SSSR count). The molecule has 4 heteroatoms. The third kappa shape index (κ3) is 2.13. The third-order valence-electron chi connectivity index (χ3n) is 3.66. The van der Waals surface area contributed by atoms with Crippen LogP contribution < -0.4 is 0 Å². The monoisotopic (exact) mass is 270 g/mol. The number of Topliss-reactive ketones (excluding diaryl/α,β-unsaturated/α-hetero) is 1. The first-order valence-electron chi connectivity index (χ1n) is 6.48. The first-order valence-corrected chi connectivity index (χ1v) is 6.48. The quantitative estimate of drug-likeness (QED) is 0.635. The number of rotatable bonds is 3. The van der Waals surface area contributed by atoms with Gasteiger partial charge in [0.1, 0.15) is 0 Å². The summed E-state index contributed by atoms with van der Waals surface area (Å²) in [6.45, 7) is 0. The SMILES string of the molecule is COC(=O)c1ccc(C(=O)C2Cc3ccccc3C2)o1. The lowest BCUT2D eigenvalue weighted by molar-refractivity contribution is 0.0562. The second-order valence-electron chi connectivity index (χ2n) is 4.89. The van der Waals surface area contributed by atoms with Crippen molar-refractivity contribution in [1.82, 2.24) is 0 Å². The van der Waals surface area contributed by atoms with Gasteiger partial charge in [0, 0.05) is 5.92 Å². The zero-order valence-corrected chi connectivity index (χ0v) is 11.1. The molecule has 2 aromatic rings. The molecule has 0 amide bonds. The van der Waals surface area contributed by atoms with Gasteiger partial charge < -0.3 is 9.15 Å². The standard InChI is InChI=1S/C16H14O4/c1-19-16(18)14-7-6-13(20-14)15(17)12-8-10-4-2-3-5-11(10)9-12/h2-7,12H,8-9H2,1H3. The molecular formula is C16H14O4. The number of carbonyl (C=O) groups excluding carboxylic acids is 2. The summed E-state index contributed by atoms with van der Waals surface area (Å²) in [7, 11) is 1.28. The predicted molar refractivity (Wildman–Crippen MR) is 71.7 cm³/mol. The Balaban J connectivity index is 1.78. The van der Waals surface area contributed by atoms with Crippen LogP contribution in [-0.4, -0.2) is 18.9 Å². The molecule has 0 N–H and O–H groups in total. The van der Waals surface area contributed by atoms with E-state index in [1.54, 1.807) is 0 Å². The van der Waals surface area contributed by atoms with Gasteiger partial charge in [-0.25, -0.2) is 4.79 Å². The summed E-state index contributed by atoms with van der Waals surface area (Å²) in [6, 6.07) is 11.1. The number of methoxy groups -OCH3 is 1. The van der Waals surface area contributed by atoms with Crippen molar-refractivity contribution in [3.05, 3.63) is 59.0 Å². The number of esters is 1. The Bertz CT molecular complexity index is 644. The summed E-state index contributed by atoms with van der Waals surface area (Å²) in [5.41, 5.74) is 2.43. The first kappa shape index (κ1) is 12.7. The number of hydrogen-bond donors (Lipinski definition) is 0. The summed E-state index contributed by atoms with van der Waals surface area (Å²) in [5, 5.41) is 0. The maximum absolute atomic E-state index is 12.4. The molecular weight excluding hydrogens is 256 g/mol. The predicted octanol–water partition coefficient (Wildman–Crippen LogP) is 2.66. The fraction of sp³-hybridized carbons (Fsp3) is 0.250. The lowest BCUT2D eigenvalue weighted by Gasteiger charge is -2.04. The maximum Gasteiger partial charge on any atom is 0.373 e. The highest BCUT2D eigenvalue weighted by Crippen LogP contribution is 2.29. The van der Waals surface area contributed by atoms with Crippen LogP contribution in [0.4, 0.5) is 0 Å². The van der Waals surface area contributed by atoms with Crippen LogP contribution in [0, 0.1) is 5.92 Å². The summed E-state index contributed by atoms with van der Waals surface area (Å²) >= 11 is 0. The number of fused-ring (bicyclic) bond motifs is 1. The van der Waals surface area contributed by atoms with E-state index < -0.39 is 5.97 Å². The Morgan fingerprint density at radius 3 is 2.25 bits per heavy atom. The van der Waals surface area contributed by atoms with Gasteiger partial charge in [-0.3, -0.25) is 4.79 Å². The van der Waals surface area contributed by atoms with Crippen LogP contribution in [0.3, 0.4) is 0 Å². The van der Waals surface area contributed by atoms with Crippen LogP contribution in [-0.2, 0) is 17.6 Å². The van der Waals surface area contributed by atoms with E-state index in [0.717, 1.165) is 12.8 Å². The number of ketones is 1. The summed E-state index contributed by atoms with van der Waals surface area (Å²) in [6.07, 6.45) is 1.45. The molecule has 0 fully saturated rings. The topological polar surface area (TPSA) is 56.5 Å². The highest BCUT2D eigenvalue weighted by molar-refractivity contribution is 5.97. The average molecular weight is 270 g/mol. The molecule has 0 bridgehead atoms. The second-order valence-corrected chi connectivity index (χ2v) is 4.89. The van der Waals surface area contributed by atoms with Crippen LogP contribution in [0.1, 0.15) is 32.2 Å². The number of hydrogen-bond acceptors (Lipinski definition) is 4. The lowest BCUT2D eigenvalue weighted by Crippen LogP contribution is -2.14. The highest BCUT2D eigenvalue weighted by Gasteiger charge is 2.30. The Kier molecular flexibility index (Phi) is 3.14. The van der Waals surface area contributed by atoms with Crippen molar-refractivity contribution in [1.29, 1.82) is 0 Å². The number of carbonyl (C=O) groups is 2. The van der Waals surface area contributed by atoms with Crippen LogP contribution >= 0.6 is 0 Å². The largest absolute Gasteiger partial charge is 0.463 e. The molecule has 0 unspecified atom stereocenters. The molecule has 0 radical (unpaired) electrons. The molecule has 1 aromatic carbocycles. The van der Waals surface area contributed by atoms with Gasteiger partial charge in [-0.1, -0.05) is 24.3 Å². The van der Waals surface area contributed by atoms with Gasteiger partial charge in [0.2, 0.25) is 11.5 Å². The molecule has 0 spiro atoms. The van der Waals surface area contributed by atoms with Gasteiger partial charge >= 0.3 is 5.97 Å². The van der Waals surface area contributed by atoms with Crippen LogP contribution in [0.5, 0.6) is 0 Å². The molecule has 20 heavy (non-hydrogen) atoms. The molecule has 0 aliphatic heterocycles. The minimum Gasteiger partial charge on any atom is -0.463 e. The minimum atomic E-state index is -0.571. The van der Waals surface area contributed by atoms with Crippen molar-refractivity contribution >= 4 is 11.8 Å². The van der Waals surface area contributed by atoms with Crippen molar-refractivity contribution in [3.8, 4) is 0 Å². The van der Waals surface area contributed by atoms with Crippen LogP contribution in [0.15, 0.2) is 40.8 Å². The maximum atomic E-state index is 12.4. The van der Waals surface area contributed by atoms with Crippen molar-refractivity contribution in [2.45, 2.75) is 12.8 Å². The normalized spacial score (nSPS) is 14.1. The first-order chi connectivity index (χ1) is 9.69. The third-order valence-corrected chi connectivity index (χ3v) is 3.66. The summed E-state index contributed by atoms with van der Waals surface area (Å²) in [5.74, 6) is -0.450. The molecule has 1 aliphatic carbocycles. The zero-order valence-electron chi connectivity index (χ0n) is 11.1. The van der Waals surface area contributed by atoms with Gasteiger partial charge in [0.15, 0.2) is 5.76 Å². The van der Waals surface area contributed by atoms with Gasteiger partial charge in [-0.2, -0.15) is 0 Å². The number of ether oxygens (including phenoxy) is 1. The van der Waals surface area contributed by atoms with Crippen molar-refractivity contribution < 1.29 is 18.7 Å². The van der Waals surface area contributed by atoms with Crippen molar-refractivity contribution in [3.63, 3.8) is 0 Å². The summed E-state index contributed by atoms with van der Waals surface area (Å²) < 4.78 is 9.85. The van der Waals surface area contributed by atoms with Gasteiger partial charge in [0.25, 0.3) is 0 Å². The second kappa shape index (κ2) is 4.96. The van der Waals surface area contributed by atoms with Crippen molar-refractivity contribution in [2.75, 3.05) is 7.11 Å². The Morgan fingerprint density at radius 2 is 1.65 bits per heavy atom. The van der Waals surface area contributed by atoms with E-state index in [2.05, 4.69) is 4.74 Å². The van der Waals surface area contributed by atoms with E-state index in [1.807, 2.05) is 24.3 Å². The van der Waals surface area contributed by atoms with Gasteiger partial charge in [-0.05, 0) is 36.1 Å². The van der Waals surface area contributed by atoms with E-state index in [9.17, 15) is 9.59 Å². The molecule has 1 aliphatic rings. The molecule has 1 heterocycles. The molecule has 1 aromatic heterocycles. The number of benzene rings is 1. The molecule has 0 saturated heterocycles. The Labute approximate surface area is 116 Å². The summed E-state index contributed by atoms with van der Waals surface area (Å²) in [4.78, 5) is 23.7. The zero-order chi connectivity index (χ0) is 14.1.